The first-order valence-corrected chi connectivity index (χ1v) is 5.71. The highest BCUT2D eigenvalue weighted by molar-refractivity contribution is 5.08. The Morgan fingerprint density at radius 3 is 2.86 bits per heavy atom. The zero-order valence-corrected chi connectivity index (χ0v) is 9.64. The Morgan fingerprint density at radius 1 is 1.43 bits per heavy atom. The van der Waals surface area contributed by atoms with E-state index in [-0.39, 0.29) is 0 Å². The quantitative estimate of drug-likeness (QED) is 0.608. The first kappa shape index (κ1) is 11.4. The van der Waals surface area contributed by atoms with Crippen LogP contribution in [0.15, 0.2) is 11.5 Å². The summed E-state index contributed by atoms with van der Waals surface area (Å²) in [6.07, 6.45) is 4.45. The lowest BCUT2D eigenvalue weighted by Crippen LogP contribution is -1.98. The van der Waals surface area contributed by atoms with Gasteiger partial charge in [-0.1, -0.05) is 27.2 Å². The van der Waals surface area contributed by atoms with Crippen molar-refractivity contribution < 1.29 is 9.47 Å². The molecule has 0 amide bonds. The van der Waals surface area contributed by atoms with Crippen LogP contribution in [0.4, 0.5) is 0 Å². The fourth-order valence-electron chi connectivity index (χ4n) is 1.60. The summed E-state index contributed by atoms with van der Waals surface area (Å²) in [5.74, 6) is 1.52. The lowest BCUT2D eigenvalue weighted by molar-refractivity contribution is 0.0505. The van der Waals surface area contributed by atoms with Crippen LogP contribution in [0.25, 0.3) is 0 Å². The van der Waals surface area contributed by atoms with E-state index in [1.54, 1.807) is 0 Å². The molecule has 0 fully saturated rings. The van der Waals surface area contributed by atoms with Crippen LogP contribution >= 0.6 is 0 Å². The van der Waals surface area contributed by atoms with Crippen molar-refractivity contribution >= 4 is 0 Å². The van der Waals surface area contributed by atoms with Gasteiger partial charge in [-0.05, 0) is 18.8 Å². The number of ether oxygens (including phenoxy) is 2. The van der Waals surface area contributed by atoms with E-state index < -0.39 is 0 Å². The van der Waals surface area contributed by atoms with Gasteiger partial charge in [0.05, 0.1) is 13.2 Å². The van der Waals surface area contributed by atoms with E-state index in [2.05, 4.69) is 20.8 Å². The van der Waals surface area contributed by atoms with Gasteiger partial charge in [0.1, 0.15) is 0 Å². The van der Waals surface area contributed by atoms with Crippen LogP contribution in [-0.4, -0.2) is 13.2 Å². The van der Waals surface area contributed by atoms with Crippen molar-refractivity contribution in [1.82, 2.24) is 0 Å². The largest absolute Gasteiger partial charge is 0.465 e. The van der Waals surface area contributed by atoms with Crippen molar-refractivity contribution in [3.63, 3.8) is 0 Å². The zero-order valence-electron chi connectivity index (χ0n) is 9.64. The van der Waals surface area contributed by atoms with Crippen molar-refractivity contribution in [2.45, 2.75) is 46.5 Å². The fourth-order valence-corrected chi connectivity index (χ4v) is 1.60. The van der Waals surface area contributed by atoms with E-state index in [1.807, 2.05) is 0 Å². The molecule has 0 aromatic rings. The third kappa shape index (κ3) is 3.60. The lowest BCUT2D eigenvalue weighted by Gasteiger charge is -2.09. The number of unbranched alkanes of at least 4 members (excludes halogenated alkanes) is 1. The molecule has 0 unspecified atom stereocenters. The highest BCUT2D eigenvalue weighted by Crippen LogP contribution is 2.26. The summed E-state index contributed by atoms with van der Waals surface area (Å²) in [7, 11) is 0. The minimum absolute atomic E-state index is 0.691. The SMILES string of the molecule is CCCCOC1=C(CC(C)C)CCO1. The van der Waals surface area contributed by atoms with Crippen molar-refractivity contribution in [1.29, 1.82) is 0 Å². The highest BCUT2D eigenvalue weighted by Gasteiger charge is 2.18. The summed E-state index contributed by atoms with van der Waals surface area (Å²) >= 11 is 0. The van der Waals surface area contributed by atoms with Gasteiger partial charge in [-0.2, -0.15) is 0 Å². The Balaban J connectivity index is 2.37. The van der Waals surface area contributed by atoms with Gasteiger partial charge in [-0.15, -0.1) is 0 Å². The minimum atomic E-state index is 0.691. The predicted octanol–water partition coefficient (Wildman–Crippen LogP) is 3.48. The van der Waals surface area contributed by atoms with E-state index in [1.165, 1.54) is 12.0 Å². The summed E-state index contributed by atoms with van der Waals surface area (Å²) in [4.78, 5) is 0. The number of hydrogen-bond donors (Lipinski definition) is 0. The normalized spacial score (nSPS) is 16.3. The third-order valence-corrected chi connectivity index (χ3v) is 2.31. The Hall–Kier alpha value is -0.660. The van der Waals surface area contributed by atoms with Gasteiger partial charge in [0.25, 0.3) is 5.95 Å². The zero-order chi connectivity index (χ0) is 10.4. The second-order valence-electron chi connectivity index (χ2n) is 4.29. The second-order valence-corrected chi connectivity index (χ2v) is 4.29. The fraction of sp³-hybridized carbons (Fsp3) is 0.833. The smallest absolute Gasteiger partial charge is 0.278 e. The Morgan fingerprint density at radius 2 is 2.21 bits per heavy atom. The van der Waals surface area contributed by atoms with E-state index in [0.717, 1.165) is 38.4 Å². The maximum absolute atomic E-state index is 5.61. The molecule has 0 N–H and O–H groups in total. The summed E-state index contributed by atoms with van der Waals surface area (Å²) in [6.45, 7) is 8.24. The van der Waals surface area contributed by atoms with Crippen LogP contribution in [0.2, 0.25) is 0 Å². The van der Waals surface area contributed by atoms with Gasteiger partial charge in [-0.25, -0.2) is 0 Å². The summed E-state index contributed by atoms with van der Waals surface area (Å²) in [5, 5.41) is 0. The van der Waals surface area contributed by atoms with Gasteiger partial charge in [0, 0.05) is 12.0 Å². The Kier molecular flexibility index (Phi) is 4.85. The van der Waals surface area contributed by atoms with E-state index in [4.69, 9.17) is 9.47 Å². The molecule has 1 aliphatic rings. The maximum Gasteiger partial charge on any atom is 0.278 e. The second kappa shape index (κ2) is 5.94. The van der Waals surface area contributed by atoms with Crippen LogP contribution in [-0.2, 0) is 9.47 Å². The van der Waals surface area contributed by atoms with Gasteiger partial charge < -0.3 is 9.47 Å². The molecular weight excluding hydrogens is 176 g/mol. The highest BCUT2D eigenvalue weighted by atomic mass is 16.7. The number of hydrogen-bond acceptors (Lipinski definition) is 2. The van der Waals surface area contributed by atoms with Gasteiger partial charge >= 0.3 is 0 Å². The molecule has 0 saturated heterocycles. The molecule has 0 spiro atoms. The average Bonchev–Trinajstić information content (AvgIpc) is 2.52. The van der Waals surface area contributed by atoms with Crippen LogP contribution in [0.1, 0.15) is 46.5 Å². The molecule has 2 heteroatoms. The first-order valence-electron chi connectivity index (χ1n) is 5.71. The van der Waals surface area contributed by atoms with Crippen LogP contribution in [0, 0.1) is 5.92 Å². The molecule has 0 saturated carbocycles. The molecule has 0 aromatic carbocycles. The summed E-state index contributed by atoms with van der Waals surface area (Å²) < 4.78 is 11.1. The van der Waals surface area contributed by atoms with E-state index >= 15 is 0 Å². The van der Waals surface area contributed by atoms with Gasteiger partial charge in [0.2, 0.25) is 0 Å². The number of rotatable bonds is 6. The Labute approximate surface area is 87.3 Å². The molecule has 0 aromatic heterocycles. The summed E-state index contributed by atoms with van der Waals surface area (Å²) in [5.41, 5.74) is 1.37. The lowest BCUT2D eigenvalue weighted by atomic mass is 10.0. The average molecular weight is 198 g/mol. The first-order chi connectivity index (χ1) is 6.74. The van der Waals surface area contributed by atoms with Crippen LogP contribution < -0.4 is 0 Å². The molecule has 1 heterocycles. The van der Waals surface area contributed by atoms with Crippen molar-refractivity contribution in [3.05, 3.63) is 11.5 Å². The molecule has 2 nitrogen and oxygen atoms in total. The Bertz CT molecular complexity index is 194. The molecule has 0 atom stereocenters. The maximum atomic E-state index is 5.61. The van der Waals surface area contributed by atoms with Crippen LogP contribution in [0.3, 0.4) is 0 Å². The third-order valence-electron chi connectivity index (χ3n) is 2.31. The molecular formula is C12H22O2. The monoisotopic (exact) mass is 198 g/mol. The standard InChI is InChI=1S/C12H22O2/c1-4-5-7-13-12-11(6-8-14-12)9-10(2)3/h10H,4-9H2,1-3H3. The molecule has 0 aliphatic carbocycles. The van der Waals surface area contributed by atoms with Crippen molar-refractivity contribution in [3.8, 4) is 0 Å². The molecule has 1 rings (SSSR count). The molecule has 82 valence electrons. The van der Waals surface area contributed by atoms with Crippen molar-refractivity contribution in [2.75, 3.05) is 13.2 Å². The van der Waals surface area contributed by atoms with E-state index in [9.17, 15) is 0 Å². The van der Waals surface area contributed by atoms with E-state index in [0.29, 0.717) is 5.92 Å². The minimum Gasteiger partial charge on any atom is -0.465 e. The molecule has 1 aliphatic heterocycles. The molecule has 14 heavy (non-hydrogen) atoms. The summed E-state index contributed by atoms with van der Waals surface area (Å²) in [6, 6.07) is 0. The molecule has 0 bridgehead atoms. The topological polar surface area (TPSA) is 18.5 Å². The predicted molar refractivity (Wildman–Crippen MR) is 57.9 cm³/mol. The van der Waals surface area contributed by atoms with Crippen molar-refractivity contribution in [2.24, 2.45) is 5.92 Å². The van der Waals surface area contributed by atoms with Gasteiger partial charge in [0.15, 0.2) is 0 Å². The van der Waals surface area contributed by atoms with Gasteiger partial charge in [-0.3, -0.25) is 0 Å². The molecule has 0 radical (unpaired) electrons. The van der Waals surface area contributed by atoms with Crippen LogP contribution in [0.5, 0.6) is 0 Å².